The zero-order valence-corrected chi connectivity index (χ0v) is 11.1. The van der Waals surface area contributed by atoms with Gasteiger partial charge in [0.25, 0.3) is 0 Å². The van der Waals surface area contributed by atoms with Crippen LogP contribution in [0.3, 0.4) is 0 Å². The summed E-state index contributed by atoms with van der Waals surface area (Å²) in [6.45, 7) is 5.55. The average molecular weight is 250 g/mol. The number of hydrogen-bond donors (Lipinski definition) is 1. The van der Waals surface area contributed by atoms with Gasteiger partial charge in [-0.15, -0.1) is 11.3 Å². The van der Waals surface area contributed by atoms with Crippen LogP contribution >= 0.6 is 11.3 Å². The Balaban J connectivity index is 2.19. The number of thiazole rings is 1. The summed E-state index contributed by atoms with van der Waals surface area (Å²) in [5.41, 5.74) is 9.03. The maximum absolute atomic E-state index is 5.56. The SMILES string of the molecule is CCc1cc(CC)n(Cc2csc(CN)n2)n1. The quantitative estimate of drug-likeness (QED) is 0.882. The summed E-state index contributed by atoms with van der Waals surface area (Å²) in [6.07, 6.45) is 1.98. The molecule has 0 bridgehead atoms. The molecular weight excluding hydrogens is 232 g/mol. The van der Waals surface area contributed by atoms with E-state index in [2.05, 4.69) is 35.4 Å². The van der Waals surface area contributed by atoms with E-state index in [0.717, 1.165) is 35.8 Å². The van der Waals surface area contributed by atoms with Crippen LogP contribution in [0.25, 0.3) is 0 Å². The lowest BCUT2D eigenvalue weighted by atomic mass is 10.2. The van der Waals surface area contributed by atoms with Gasteiger partial charge in [0, 0.05) is 17.6 Å². The number of rotatable bonds is 5. The highest BCUT2D eigenvalue weighted by Crippen LogP contribution is 2.13. The van der Waals surface area contributed by atoms with Gasteiger partial charge in [-0.1, -0.05) is 13.8 Å². The molecule has 0 radical (unpaired) electrons. The van der Waals surface area contributed by atoms with Gasteiger partial charge in [0.15, 0.2) is 0 Å². The Bertz CT molecular complexity index is 486. The molecule has 17 heavy (non-hydrogen) atoms. The second-order valence-electron chi connectivity index (χ2n) is 3.93. The largest absolute Gasteiger partial charge is 0.325 e. The first-order chi connectivity index (χ1) is 8.26. The standard InChI is InChI=1S/C12H18N4S/c1-3-9-5-11(4-2)16(15-9)7-10-8-17-12(6-13)14-10/h5,8H,3-4,6-7,13H2,1-2H3. The molecule has 0 spiro atoms. The minimum absolute atomic E-state index is 0.518. The lowest BCUT2D eigenvalue weighted by Crippen LogP contribution is -2.06. The molecule has 0 fully saturated rings. The van der Waals surface area contributed by atoms with Crippen molar-refractivity contribution in [1.82, 2.24) is 14.8 Å². The van der Waals surface area contributed by atoms with Crippen molar-refractivity contribution in [2.45, 2.75) is 39.8 Å². The highest BCUT2D eigenvalue weighted by Gasteiger charge is 2.07. The van der Waals surface area contributed by atoms with Gasteiger partial charge in [0.1, 0.15) is 5.01 Å². The van der Waals surface area contributed by atoms with Crippen molar-refractivity contribution in [2.24, 2.45) is 5.73 Å². The minimum atomic E-state index is 0.518. The Labute approximate surface area is 105 Å². The molecule has 2 heterocycles. The summed E-state index contributed by atoms with van der Waals surface area (Å²) in [4.78, 5) is 4.47. The highest BCUT2D eigenvalue weighted by atomic mass is 32.1. The topological polar surface area (TPSA) is 56.7 Å². The van der Waals surface area contributed by atoms with Crippen molar-refractivity contribution >= 4 is 11.3 Å². The van der Waals surface area contributed by atoms with Gasteiger partial charge in [-0.05, 0) is 18.9 Å². The fraction of sp³-hybridized carbons (Fsp3) is 0.500. The fourth-order valence-corrected chi connectivity index (χ4v) is 2.44. The third kappa shape index (κ3) is 2.73. The van der Waals surface area contributed by atoms with E-state index in [9.17, 15) is 0 Å². The first-order valence-corrected chi connectivity index (χ1v) is 6.83. The van der Waals surface area contributed by atoms with Gasteiger partial charge in [0.2, 0.25) is 0 Å². The molecule has 2 aromatic heterocycles. The molecule has 0 aliphatic carbocycles. The van der Waals surface area contributed by atoms with Crippen LogP contribution in [-0.4, -0.2) is 14.8 Å². The van der Waals surface area contributed by atoms with E-state index in [1.165, 1.54) is 5.69 Å². The van der Waals surface area contributed by atoms with E-state index in [1.54, 1.807) is 11.3 Å². The van der Waals surface area contributed by atoms with Crippen molar-refractivity contribution in [2.75, 3.05) is 0 Å². The van der Waals surface area contributed by atoms with Gasteiger partial charge in [-0.2, -0.15) is 5.10 Å². The lowest BCUT2D eigenvalue weighted by Gasteiger charge is -2.02. The van der Waals surface area contributed by atoms with E-state index >= 15 is 0 Å². The Morgan fingerprint density at radius 3 is 2.71 bits per heavy atom. The van der Waals surface area contributed by atoms with Gasteiger partial charge in [0.05, 0.1) is 17.9 Å². The second kappa shape index (κ2) is 5.42. The average Bonchev–Trinajstić information content (AvgIpc) is 2.95. The Kier molecular flexibility index (Phi) is 3.91. The zero-order chi connectivity index (χ0) is 12.3. The number of nitrogens with zero attached hydrogens (tertiary/aromatic N) is 3. The molecule has 4 nitrogen and oxygen atoms in total. The molecule has 2 aromatic rings. The molecule has 0 unspecified atom stereocenters. The molecule has 92 valence electrons. The molecule has 0 saturated heterocycles. The van der Waals surface area contributed by atoms with Crippen molar-refractivity contribution in [3.63, 3.8) is 0 Å². The summed E-state index contributed by atoms with van der Waals surface area (Å²) in [6, 6.07) is 2.18. The van der Waals surface area contributed by atoms with Crippen LogP contribution in [0.1, 0.15) is 35.9 Å². The molecule has 0 saturated carbocycles. The Hall–Kier alpha value is -1.20. The minimum Gasteiger partial charge on any atom is -0.325 e. The summed E-state index contributed by atoms with van der Waals surface area (Å²) in [5, 5.41) is 7.63. The lowest BCUT2D eigenvalue weighted by molar-refractivity contribution is 0.630. The van der Waals surface area contributed by atoms with E-state index in [4.69, 9.17) is 5.73 Å². The van der Waals surface area contributed by atoms with E-state index in [1.807, 2.05) is 4.68 Å². The summed E-state index contributed by atoms with van der Waals surface area (Å²) in [7, 11) is 0. The van der Waals surface area contributed by atoms with Gasteiger partial charge in [-0.25, -0.2) is 4.98 Å². The van der Waals surface area contributed by atoms with Gasteiger partial charge in [-0.3, -0.25) is 4.68 Å². The molecule has 0 atom stereocenters. The predicted octanol–water partition coefficient (Wildman–Crippen LogP) is 1.97. The highest BCUT2D eigenvalue weighted by molar-refractivity contribution is 7.09. The Morgan fingerprint density at radius 1 is 1.29 bits per heavy atom. The maximum Gasteiger partial charge on any atom is 0.107 e. The molecule has 0 aromatic carbocycles. The third-order valence-electron chi connectivity index (χ3n) is 2.72. The summed E-state index contributed by atoms with van der Waals surface area (Å²) >= 11 is 1.62. The van der Waals surface area contributed by atoms with Crippen LogP contribution in [0.2, 0.25) is 0 Å². The monoisotopic (exact) mass is 250 g/mol. The van der Waals surface area contributed by atoms with Crippen molar-refractivity contribution in [3.05, 3.63) is 33.5 Å². The van der Waals surface area contributed by atoms with E-state index in [-0.39, 0.29) is 0 Å². The molecular formula is C12H18N4S. The maximum atomic E-state index is 5.56. The molecule has 0 amide bonds. The summed E-state index contributed by atoms with van der Waals surface area (Å²) in [5.74, 6) is 0. The van der Waals surface area contributed by atoms with Crippen LogP contribution in [0, 0.1) is 0 Å². The number of aryl methyl sites for hydroxylation is 2. The number of nitrogens with two attached hydrogens (primary N) is 1. The van der Waals surface area contributed by atoms with E-state index in [0.29, 0.717) is 6.54 Å². The zero-order valence-electron chi connectivity index (χ0n) is 10.3. The van der Waals surface area contributed by atoms with Crippen molar-refractivity contribution < 1.29 is 0 Å². The number of hydrogen-bond acceptors (Lipinski definition) is 4. The van der Waals surface area contributed by atoms with Crippen LogP contribution in [-0.2, 0) is 25.9 Å². The first kappa shape index (κ1) is 12.3. The molecule has 0 aliphatic rings. The van der Waals surface area contributed by atoms with Crippen LogP contribution in [0.4, 0.5) is 0 Å². The van der Waals surface area contributed by atoms with Crippen LogP contribution in [0.15, 0.2) is 11.4 Å². The molecule has 2 rings (SSSR count). The Morgan fingerprint density at radius 2 is 2.12 bits per heavy atom. The third-order valence-corrected chi connectivity index (χ3v) is 3.64. The molecule has 5 heteroatoms. The van der Waals surface area contributed by atoms with Crippen LogP contribution < -0.4 is 5.73 Å². The van der Waals surface area contributed by atoms with Gasteiger partial charge >= 0.3 is 0 Å². The van der Waals surface area contributed by atoms with Crippen LogP contribution in [0.5, 0.6) is 0 Å². The van der Waals surface area contributed by atoms with E-state index < -0.39 is 0 Å². The molecule has 2 N–H and O–H groups in total. The van der Waals surface area contributed by atoms with Crippen molar-refractivity contribution in [3.8, 4) is 0 Å². The summed E-state index contributed by atoms with van der Waals surface area (Å²) < 4.78 is 2.05. The molecule has 0 aliphatic heterocycles. The smallest absolute Gasteiger partial charge is 0.107 e. The number of aromatic nitrogens is 3. The fourth-order valence-electron chi connectivity index (χ4n) is 1.78. The normalized spacial score (nSPS) is 11.0. The van der Waals surface area contributed by atoms with Gasteiger partial charge < -0.3 is 5.73 Å². The van der Waals surface area contributed by atoms with Crippen molar-refractivity contribution in [1.29, 1.82) is 0 Å². The predicted molar refractivity (Wildman–Crippen MR) is 70.1 cm³/mol. The second-order valence-corrected chi connectivity index (χ2v) is 4.87. The first-order valence-electron chi connectivity index (χ1n) is 5.95.